The number of carbonyl (C=O) groups excluding carboxylic acids is 1. The Kier molecular flexibility index (Phi) is 4.03. The molecule has 1 aliphatic carbocycles. The van der Waals surface area contributed by atoms with Crippen LogP contribution >= 0.6 is 0 Å². The lowest BCUT2D eigenvalue weighted by atomic mass is 10.0. The number of nitrogen functional groups attached to an aromatic ring is 1. The lowest BCUT2D eigenvalue weighted by molar-refractivity contribution is 0.174. The number of allylic oxidation sites excluding steroid dienone is 4. The van der Waals surface area contributed by atoms with Gasteiger partial charge in [0.05, 0.1) is 7.11 Å². The maximum atomic E-state index is 11.0. The molecule has 0 fully saturated rings. The summed E-state index contributed by atoms with van der Waals surface area (Å²) in [7, 11) is 1.34. The van der Waals surface area contributed by atoms with Gasteiger partial charge in [-0.15, -0.1) is 0 Å². The normalized spacial score (nSPS) is 16.1. The van der Waals surface area contributed by atoms with Crippen molar-refractivity contribution in [3.05, 3.63) is 59.3 Å². The molecule has 0 radical (unpaired) electrons. The lowest BCUT2D eigenvalue weighted by Gasteiger charge is -2.10. The molecule has 1 amide bonds. The molecule has 1 aromatic rings. The second-order valence-electron chi connectivity index (χ2n) is 4.20. The van der Waals surface area contributed by atoms with Crippen LogP contribution in [0.25, 0.3) is 6.08 Å². The Labute approximate surface area is 112 Å². The van der Waals surface area contributed by atoms with Crippen molar-refractivity contribution in [3.8, 4) is 0 Å². The minimum atomic E-state index is -0.457. The van der Waals surface area contributed by atoms with Gasteiger partial charge >= 0.3 is 6.09 Å². The summed E-state index contributed by atoms with van der Waals surface area (Å²) < 4.78 is 4.54. The molecule has 0 spiro atoms. The first-order valence-corrected chi connectivity index (χ1v) is 5.97. The SMILES string of the molecule is COC(=O)NC1=CCC(=Cc2ccc(N)cc2)C=C1. The summed E-state index contributed by atoms with van der Waals surface area (Å²) in [5, 5.41) is 2.63. The third kappa shape index (κ3) is 3.74. The van der Waals surface area contributed by atoms with E-state index in [2.05, 4.69) is 16.1 Å². The number of anilines is 1. The highest BCUT2D eigenvalue weighted by atomic mass is 16.5. The summed E-state index contributed by atoms with van der Waals surface area (Å²) in [4.78, 5) is 11.0. The number of hydrogen-bond donors (Lipinski definition) is 2. The highest BCUT2D eigenvalue weighted by Crippen LogP contribution is 2.18. The molecule has 0 unspecified atom stereocenters. The van der Waals surface area contributed by atoms with Gasteiger partial charge in [-0.3, -0.25) is 5.32 Å². The smallest absolute Gasteiger partial charge is 0.411 e. The summed E-state index contributed by atoms with van der Waals surface area (Å²) in [5.74, 6) is 0. The first-order chi connectivity index (χ1) is 9.17. The van der Waals surface area contributed by atoms with Crippen LogP contribution in [0.5, 0.6) is 0 Å². The highest BCUT2D eigenvalue weighted by Gasteiger charge is 2.05. The van der Waals surface area contributed by atoms with Gasteiger partial charge in [-0.05, 0) is 35.8 Å². The van der Waals surface area contributed by atoms with Crippen molar-refractivity contribution in [3.63, 3.8) is 0 Å². The average molecular weight is 256 g/mol. The number of nitrogens with one attached hydrogen (secondary N) is 1. The van der Waals surface area contributed by atoms with Crippen LogP contribution in [0.1, 0.15) is 12.0 Å². The number of benzene rings is 1. The quantitative estimate of drug-likeness (QED) is 0.800. The zero-order chi connectivity index (χ0) is 13.7. The van der Waals surface area contributed by atoms with Gasteiger partial charge in [0.15, 0.2) is 0 Å². The van der Waals surface area contributed by atoms with Gasteiger partial charge in [0, 0.05) is 11.4 Å². The molecule has 2 rings (SSSR count). The van der Waals surface area contributed by atoms with Crippen LogP contribution in [0.15, 0.2) is 53.8 Å². The molecule has 0 bridgehead atoms. The van der Waals surface area contributed by atoms with Gasteiger partial charge in [-0.2, -0.15) is 0 Å². The molecule has 0 heterocycles. The predicted molar refractivity (Wildman–Crippen MR) is 76.2 cm³/mol. The van der Waals surface area contributed by atoms with E-state index in [4.69, 9.17) is 5.73 Å². The van der Waals surface area contributed by atoms with Gasteiger partial charge in [-0.1, -0.05) is 30.4 Å². The van der Waals surface area contributed by atoms with Crippen molar-refractivity contribution in [2.45, 2.75) is 6.42 Å². The van der Waals surface area contributed by atoms with E-state index in [0.717, 1.165) is 23.4 Å². The Morgan fingerprint density at radius 2 is 2.05 bits per heavy atom. The van der Waals surface area contributed by atoms with E-state index in [0.29, 0.717) is 0 Å². The molecular formula is C15H16N2O2. The van der Waals surface area contributed by atoms with Crippen LogP contribution in [0, 0.1) is 0 Å². The molecule has 0 aliphatic heterocycles. The number of amides is 1. The Balaban J connectivity index is 2.02. The van der Waals surface area contributed by atoms with Crippen LogP contribution in [0.3, 0.4) is 0 Å². The zero-order valence-electron chi connectivity index (χ0n) is 10.7. The molecule has 0 saturated carbocycles. The second kappa shape index (κ2) is 5.91. The fourth-order valence-electron chi connectivity index (χ4n) is 1.74. The minimum Gasteiger partial charge on any atom is -0.453 e. The molecule has 0 saturated heterocycles. The fraction of sp³-hybridized carbons (Fsp3) is 0.133. The molecule has 0 aromatic heterocycles. The summed E-state index contributed by atoms with van der Waals surface area (Å²) in [6.45, 7) is 0. The van der Waals surface area contributed by atoms with Gasteiger partial charge in [-0.25, -0.2) is 4.79 Å². The number of nitrogens with two attached hydrogens (primary N) is 1. The van der Waals surface area contributed by atoms with Crippen molar-refractivity contribution in [2.75, 3.05) is 12.8 Å². The molecule has 0 atom stereocenters. The van der Waals surface area contributed by atoms with E-state index >= 15 is 0 Å². The molecule has 4 nitrogen and oxygen atoms in total. The third-order valence-corrected chi connectivity index (χ3v) is 2.75. The van der Waals surface area contributed by atoms with Crippen molar-refractivity contribution in [1.29, 1.82) is 0 Å². The van der Waals surface area contributed by atoms with Crippen molar-refractivity contribution in [2.24, 2.45) is 0 Å². The average Bonchev–Trinajstić information content (AvgIpc) is 2.43. The van der Waals surface area contributed by atoms with Gasteiger partial charge in [0.25, 0.3) is 0 Å². The second-order valence-corrected chi connectivity index (χ2v) is 4.20. The predicted octanol–water partition coefficient (Wildman–Crippen LogP) is 2.85. The molecule has 4 heteroatoms. The Morgan fingerprint density at radius 3 is 2.63 bits per heavy atom. The van der Waals surface area contributed by atoms with Crippen LogP contribution in [0.4, 0.5) is 10.5 Å². The summed E-state index contributed by atoms with van der Waals surface area (Å²) in [5.41, 5.74) is 9.42. The molecule has 19 heavy (non-hydrogen) atoms. The van der Waals surface area contributed by atoms with Crippen molar-refractivity contribution in [1.82, 2.24) is 5.32 Å². The summed E-state index contributed by atoms with van der Waals surface area (Å²) in [6.07, 6.45) is 8.16. The fourth-order valence-corrected chi connectivity index (χ4v) is 1.74. The molecule has 3 N–H and O–H groups in total. The van der Waals surface area contributed by atoms with E-state index in [9.17, 15) is 4.79 Å². The topological polar surface area (TPSA) is 64.3 Å². The number of ether oxygens (including phenoxy) is 1. The number of alkyl carbamates (subject to hydrolysis) is 1. The monoisotopic (exact) mass is 256 g/mol. The van der Waals surface area contributed by atoms with Crippen molar-refractivity contribution >= 4 is 17.9 Å². The van der Waals surface area contributed by atoms with Gasteiger partial charge in [0.1, 0.15) is 0 Å². The van der Waals surface area contributed by atoms with Gasteiger partial charge < -0.3 is 10.5 Å². The standard InChI is InChI=1S/C15H16N2O2/c1-19-15(18)17-14-8-4-12(5-9-14)10-11-2-6-13(16)7-3-11/h2-4,6-10H,5,16H2,1H3,(H,17,18). The number of rotatable bonds is 2. The number of methoxy groups -OCH3 is 1. The number of carbonyl (C=O) groups is 1. The van der Waals surface area contributed by atoms with Crippen molar-refractivity contribution < 1.29 is 9.53 Å². The molecule has 1 aromatic carbocycles. The van der Waals surface area contributed by atoms with Crippen LogP contribution < -0.4 is 11.1 Å². The zero-order valence-corrected chi connectivity index (χ0v) is 10.7. The Bertz CT molecular complexity index is 554. The third-order valence-electron chi connectivity index (χ3n) is 2.75. The maximum absolute atomic E-state index is 11.0. The van der Waals surface area contributed by atoms with E-state index in [1.165, 1.54) is 12.7 Å². The van der Waals surface area contributed by atoms with Gasteiger partial charge in [0.2, 0.25) is 0 Å². The molecule has 98 valence electrons. The van der Waals surface area contributed by atoms with E-state index in [-0.39, 0.29) is 0 Å². The highest BCUT2D eigenvalue weighted by molar-refractivity contribution is 5.70. The molecular weight excluding hydrogens is 240 g/mol. The van der Waals surface area contributed by atoms with Crippen LogP contribution in [-0.4, -0.2) is 13.2 Å². The minimum absolute atomic E-state index is 0.457. The maximum Gasteiger partial charge on any atom is 0.411 e. The Hall–Kier alpha value is -2.49. The Morgan fingerprint density at radius 1 is 1.32 bits per heavy atom. The van der Waals surface area contributed by atoms with Crippen LogP contribution in [0.2, 0.25) is 0 Å². The van der Waals surface area contributed by atoms with E-state index in [1.807, 2.05) is 42.5 Å². The van der Waals surface area contributed by atoms with E-state index < -0.39 is 6.09 Å². The number of hydrogen-bond acceptors (Lipinski definition) is 3. The van der Waals surface area contributed by atoms with Crippen LogP contribution in [-0.2, 0) is 4.74 Å². The first-order valence-electron chi connectivity index (χ1n) is 5.97. The molecule has 1 aliphatic rings. The summed E-state index contributed by atoms with van der Waals surface area (Å²) >= 11 is 0. The largest absolute Gasteiger partial charge is 0.453 e. The lowest BCUT2D eigenvalue weighted by Crippen LogP contribution is -2.22. The first kappa shape index (κ1) is 13.0. The van der Waals surface area contributed by atoms with E-state index in [1.54, 1.807) is 0 Å². The summed E-state index contributed by atoms with van der Waals surface area (Å²) in [6, 6.07) is 7.70.